The molecule has 2 unspecified atom stereocenters. The first-order valence-corrected chi connectivity index (χ1v) is 7.88. The van der Waals surface area contributed by atoms with E-state index in [-0.39, 0.29) is 16.6 Å². The van der Waals surface area contributed by atoms with E-state index in [4.69, 9.17) is 10.5 Å². The molecule has 0 bridgehead atoms. The minimum absolute atomic E-state index is 0.201. The van der Waals surface area contributed by atoms with Crippen molar-refractivity contribution in [1.82, 2.24) is 0 Å². The van der Waals surface area contributed by atoms with Crippen LogP contribution in [0.15, 0.2) is 0 Å². The molecule has 0 saturated heterocycles. The molecule has 1 saturated carbocycles. The normalized spacial score (nSPS) is 28.4. The molecular formula is C14H27NO2S. The van der Waals surface area contributed by atoms with Crippen molar-refractivity contribution in [3.8, 4) is 0 Å². The Morgan fingerprint density at radius 2 is 2.17 bits per heavy atom. The van der Waals surface area contributed by atoms with Gasteiger partial charge in [0.1, 0.15) is 5.54 Å². The van der Waals surface area contributed by atoms with Gasteiger partial charge in [0.05, 0.1) is 6.61 Å². The van der Waals surface area contributed by atoms with Crippen LogP contribution in [0.1, 0.15) is 53.4 Å². The first-order valence-electron chi connectivity index (χ1n) is 6.89. The van der Waals surface area contributed by atoms with E-state index in [1.165, 1.54) is 0 Å². The van der Waals surface area contributed by atoms with Crippen LogP contribution >= 0.6 is 11.8 Å². The van der Waals surface area contributed by atoms with E-state index in [0.717, 1.165) is 31.4 Å². The fourth-order valence-corrected chi connectivity index (χ4v) is 3.56. The van der Waals surface area contributed by atoms with Gasteiger partial charge in [0.2, 0.25) is 0 Å². The summed E-state index contributed by atoms with van der Waals surface area (Å²) >= 11 is 1.94. The van der Waals surface area contributed by atoms with E-state index < -0.39 is 5.54 Å². The van der Waals surface area contributed by atoms with Gasteiger partial charge in [-0.15, -0.1) is 0 Å². The van der Waals surface area contributed by atoms with E-state index in [2.05, 4.69) is 20.8 Å². The number of rotatable bonds is 5. The SMILES string of the molecule is CCOC(=O)C1(N)CCCC1CCSC(C)(C)C. The van der Waals surface area contributed by atoms with Crippen LogP contribution in [-0.4, -0.2) is 28.6 Å². The van der Waals surface area contributed by atoms with Crippen molar-refractivity contribution in [3.63, 3.8) is 0 Å². The summed E-state index contributed by atoms with van der Waals surface area (Å²) in [5.74, 6) is 1.15. The molecule has 0 amide bonds. The molecule has 106 valence electrons. The second-order valence-corrected chi connectivity index (χ2v) is 8.02. The van der Waals surface area contributed by atoms with Crippen molar-refractivity contribution in [1.29, 1.82) is 0 Å². The standard InChI is InChI=1S/C14H27NO2S/c1-5-17-12(16)14(15)9-6-7-11(14)8-10-18-13(2,3)4/h11H,5-10,15H2,1-4H3. The van der Waals surface area contributed by atoms with Gasteiger partial charge >= 0.3 is 5.97 Å². The molecule has 0 aromatic heterocycles. The van der Waals surface area contributed by atoms with E-state index in [1.54, 1.807) is 0 Å². The second-order valence-electron chi connectivity index (χ2n) is 6.10. The third-order valence-electron chi connectivity index (χ3n) is 3.53. The van der Waals surface area contributed by atoms with Crippen LogP contribution in [0.5, 0.6) is 0 Å². The summed E-state index contributed by atoms with van der Waals surface area (Å²) in [5.41, 5.74) is 5.57. The maximum Gasteiger partial charge on any atom is 0.326 e. The molecule has 3 nitrogen and oxygen atoms in total. The fraction of sp³-hybridized carbons (Fsp3) is 0.929. The number of nitrogens with two attached hydrogens (primary N) is 1. The Labute approximate surface area is 115 Å². The third kappa shape index (κ3) is 4.16. The molecule has 0 aliphatic heterocycles. The molecule has 4 heteroatoms. The van der Waals surface area contributed by atoms with Gasteiger partial charge in [0.15, 0.2) is 0 Å². The Kier molecular flexibility index (Phi) is 5.53. The van der Waals surface area contributed by atoms with Gasteiger partial charge in [-0.2, -0.15) is 11.8 Å². The Hall–Kier alpha value is -0.220. The minimum Gasteiger partial charge on any atom is -0.465 e. The number of ether oxygens (including phenoxy) is 1. The lowest BCUT2D eigenvalue weighted by Crippen LogP contribution is -2.52. The quantitative estimate of drug-likeness (QED) is 0.782. The van der Waals surface area contributed by atoms with Gasteiger partial charge < -0.3 is 10.5 Å². The van der Waals surface area contributed by atoms with Gasteiger partial charge in [0.25, 0.3) is 0 Å². The number of hydrogen-bond donors (Lipinski definition) is 1. The molecule has 0 heterocycles. The fourth-order valence-electron chi connectivity index (χ4n) is 2.55. The highest BCUT2D eigenvalue weighted by Gasteiger charge is 2.46. The van der Waals surface area contributed by atoms with Gasteiger partial charge in [0, 0.05) is 4.75 Å². The van der Waals surface area contributed by atoms with Crippen LogP contribution in [0.2, 0.25) is 0 Å². The number of carbonyl (C=O) groups excluding carboxylic acids is 1. The molecular weight excluding hydrogens is 246 g/mol. The largest absolute Gasteiger partial charge is 0.465 e. The molecule has 1 aliphatic rings. The second kappa shape index (κ2) is 6.29. The lowest BCUT2D eigenvalue weighted by atomic mass is 9.86. The Balaban J connectivity index is 2.51. The Bertz CT molecular complexity index is 288. The molecule has 18 heavy (non-hydrogen) atoms. The third-order valence-corrected chi connectivity index (χ3v) is 4.83. The number of hydrogen-bond acceptors (Lipinski definition) is 4. The summed E-state index contributed by atoms with van der Waals surface area (Å²) in [6.07, 6.45) is 3.88. The molecule has 2 atom stereocenters. The predicted octanol–water partition coefficient (Wildman–Crippen LogP) is 2.97. The first kappa shape index (κ1) is 15.8. The maximum atomic E-state index is 12.0. The van der Waals surface area contributed by atoms with Crippen molar-refractivity contribution in [3.05, 3.63) is 0 Å². The zero-order valence-electron chi connectivity index (χ0n) is 12.1. The zero-order valence-corrected chi connectivity index (χ0v) is 12.9. The van der Waals surface area contributed by atoms with Crippen LogP contribution in [-0.2, 0) is 9.53 Å². The lowest BCUT2D eigenvalue weighted by molar-refractivity contribution is -0.151. The average Bonchev–Trinajstić information content (AvgIpc) is 2.60. The van der Waals surface area contributed by atoms with Crippen molar-refractivity contribution < 1.29 is 9.53 Å². The molecule has 0 spiro atoms. The molecule has 1 aliphatic carbocycles. The highest BCUT2D eigenvalue weighted by Crippen LogP contribution is 2.38. The monoisotopic (exact) mass is 273 g/mol. The van der Waals surface area contributed by atoms with Crippen LogP contribution in [0.4, 0.5) is 0 Å². The molecule has 2 N–H and O–H groups in total. The van der Waals surface area contributed by atoms with Gasteiger partial charge in [-0.25, -0.2) is 0 Å². The topological polar surface area (TPSA) is 52.3 Å². The number of esters is 1. The van der Waals surface area contributed by atoms with Gasteiger partial charge in [-0.1, -0.05) is 27.2 Å². The van der Waals surface area contributed by atoms with Crippen LogP contribution in [0.3, 0.4) is 0 Å². The maximum absolute atomic E-state index is 12.0. The van der Waals surface area contributed by atoms with Crippen molar-refractivity contribution in [2.75, 3.05) is 12.4 Å². The van der Waals surface area contributed by atoms with Crippen LogP contribution in [0, 0.1) is 5.92 Å². The van der Waals surface area contributed by atoms with E-state index in [1.807, 2.05) is 18.7 Å². The summed E-state index contributed by atoms with van der Waals surface area (Å²) in [5, 5.41) is 0. The first-order chi connectivity index (χ1) is 8.29. The van der Waals surface area contributed by atoms with Gasteiger partial charge in [-0.05, 0) is 37.9 Å². The van der Waals surface area contributed by atoms with E-state index in [0.29, 0.717) is 6.61 Å². The Morgan fingerprint density at radius 3 is 2.72 bits per heavy atom. The van der Waals surface area contributed by atoms with Crippen molar-refractivity contribution in [2.45, 2.75) is 63.7 Å². The number of thioether (sulfide) groups is 1. The highest BCUT2D eigenvalue weighted by molar-refractivity contribution is 8.00. The van der Waals surface area contributed by atoms with Crippen LogP contribution < -0.4 is 5.73 Å². The summed E-state index contributed by atoms with van der Waals surface area (Å²) in [6, 6.07) is 0. The highest BCUT2D eigenvalue weighted by atomic mass is 32.2. The number of carbonyl (C=O) groups is 1. The van der Waals surface area contributed by atoms with Crippen molar-refractivity contribution in [2.24, 2.45) is 11.7 Å². The Morgan fingerprint density at radius 1 is 1.50 bits per heavy atom. The zero-order chi connectivity index (χ0) is 13.8. The van der Waals surface area contributed by atoms with Crippen LogP contribution in [0.25, 0.3) is 0 Å². The smallest absolute Gasteiger partial charge is 0.326 e. The summed E-state index contributed by atoms with van der Waals surface area (Å²) < 4.78 is 5.41. The average molecular weight is 273 g/mol. The minimum atomic E-state index is -0.728. The summed E-state index contributed by atoms with van der Waals surface area (Å²) in [4.78, 5) is 12.0. The van der Waals surface area contributed by atoms with Crippen molar-refractivity contribution >= 4 is 17.7 Å². The lowest BCUT2D eigenvalue weighted by Gasteiger charge is -2.29. The summed E-state index contributed by atoms with van der Waals surface area (Å²) in [7, 11) is 0. The molecule has 0 radical (unpaired) electrons. The van der Waals surface area contributed by atoms with E-state index >= 15 is 0 Å². The van der Waals surface area contributed by atoms with Gasteiger partial charge in [-0.3, -0.25) is 4.79 Å². The summed E-state index contributed by atoms with van der Waals surface area (Å²) in [6.45, 7) is 8.90. The van der Waals surface area contributed by atoms with E-state index in [9.17, 15) is 4.79 Å². The molecule has 0 aromatic rings. The molecule has 0 aromatic carbocycles. The predicted molar refractivity (Wildman–Crippen MR) is 77.7 cm³/mol. The molecule has 1 rings (SSSR count). The molecule has 1 fully saturated rings.